The van der Waals surface area contributed by atoms with Crippen LogP contribution in [-0.2, 0) is 0 Å². The summed E-state index contributed by atoms with van der Waals surface area (Å²) in [5.74, 6) is -0.388. The zero-order valence-electron chi connectivity index (χ0n) is 14.0. The second-order valence-electron chi connectivity index (χ2n) is 5.75. The molecule has 0 saturated carbocycles. The number of carbonyl (C=O) groups excluding carboxylic acids is 2. The fourth-order valence-electron chi connectivity index (χ4n) is 2.48. The number of benzene rings is 2. The third-order valence-corrected chi connectivity index (χ3v) is 4.67. The van der Waals surface area contributed by atoms with E-state index in [0.29, 0.717) is 21.8 Å². The predicted molar refractivity (Wildman–Crippen MR) is 103 cm³/mol. The molecule has 0 unspecified atom stereocenters. The lowest BCUT2D eigenvalue weighted by Gasteiger charge is -2.14. The minimum absolute atomic E-state index is 0.190. The Balaban J connectivity index is 1.86. The summed E-state index contributed by atoms with van der Waals surface area (Å²) in [5.41, 5.74) is 3.66. The van der Waals surface area contributed by atoms with Crippen molar-refractivity contribution < 1.29 is 9.59 Å². The van der Waals surface area contributed by atoms with Gasteiger partial charge in [-0.05, 0) is 54.6 Å². The molecule has 0 radical (unpaired) electrons. The summed E-state index contributed by atoms with van der Waals surface area (Å²) in [7, 11) is 0. The molecule has 0 aliphatic rings. The van der Waals surface area contributed by atoms with Gasteiger partial charge in [-0.1, -0.05) is 30.3 Å². The maximum Gasteiger partial charge on any atom is 0.265 e. The molecule has 1 aromatic heterocycles. The first-order valence-electron chi connectivity index (χ1n) is 7.87. The lowest BCUT2D eigenvalue weighted by atomic mass is 10.1. The monoisotopic (exact) mass is 350 g/mol. The number of amides is 2. The Kier molecular flexibility index (Phi) is 4.95. The molecule has 0 spiro atoms. The van der Waals surface area contributed by atoms with Gasteiger partial charge in [0.15, 0.2) is 0 Å². The fraction of sp³-hybridized carbons (Fsp3) is 0.100. The van der Waals surface area contributed by atoms with Gasteiger partial charge in [0.2, 0.25) is 0 Å². The minimum atomic E-state index is -0.199. The zero-order valence-corrected chi connectivity index (χ0v) is 14.8. The minimum Gasteiger partial charge on any atom is -0.320 e. The van der Waals surface area contributed by atoms with Gasteiger partial charge < -0.3 is 10.6 Å². The Hall–Kier alpha value is -2.92. The molecule has 1 heterocycles. The quantitative estimate of drug-likeness (QED) is 0.705. The molecule has 0 bridgehead atoms. The van der Waals surface area contributed by atoms with Crippen LogP contribution in [0.5, 0.6) is 0 Å². The first-order valence-corrected chi connectivity index (χ1v) is 8.75. The van der Waals surface area contributed by atoms with Crippen LogP contribution in [0.25, 0.3) is 0 Å². The Morgan fingerprint density at radius 2 is 1.60 bits per heavy atom. The van der Waals surface area contributed by atoms with E-state index in [-0.39, 0.29) is 11.8 Å². The molecule has 0 aliphatic heterocycles. The second kappa shape index (κ2) is 7.32. The number of thiophene rings is 1. The standard InChI is InChI=1S/C20H18N2O2S/c1-13-9-10-16(21-20(24)18-8-5-11-25-18)17(12-13)22-19(23)15-7-4-3-6-14(15)2/h3-12H,1-2H3,(H,21,24)(H,22,23). The number of carbonyl (C=O) groups is 2. The molecular weight excluding hydrogens is 332 g/mol. The number of hydrogen-bond acceptors (Lipinski definition) is 3. The van der Waals surface area contributed by atoms with Crippen molar-refractivity contribution in [1.29, 1.82) is 0 Å². The van der Waals surface area contributed by atoms with Crippen molar-refractivity contribution in [3.63, 3.8) is 0 Å². The van der Waals surface area contributed by atoms with Gasteiger partial charge in [-0.3, -0.25) is 9.59 Å². The molecule has 2 amide bonds. The Bertz CT molecular complexity index is 917. The Morgan fingerprint density at radius 1 is 0.840 bits per heavy atom. The topological polar surface area (TPSA) is 58.2 Å². The van der Waals surface area contributed by atoms with E-state index in [1.54, 1.807) is 18.2 Å². The van der Waals surface area contributed by atoms with Gasteiger partial charge in [-0.25, -0.2) is 0 Å². The average molecular weight is 350 g/mol. The molecule has 25 heavy (non-hydrogen) atoms. The Labute approximate surface area is 150 Å². The van der Waals surface area contributed by atoms with Crippen LogP contribution in [0.2, 0.25) is 0 Å². The van der Waals surface area contributed by atoms with Crippen LogP contribution in [0.15, 0.2) is 60.0 Å². The molecular formula is C20H18N2O2S. The number of anilines is 2. The van der Waals surface area contributed by atoms with Crippen LogP contribution in [0, 0.1) is 13.8 Å². The maximum absolute atomic E-state index is 12.6. The van der Waals surface area contributed by atoms with Crippen LogP contribution in [0.4, 0.5) is 11.4 Å². The lowest BCUT2D eigenvalue weighted by molar-refractivity contribution is 0.101. The van der Waals surface area contributed by atoms with E-state index in [4.69, 9.17) is 0 Å². The first-order chi connectivity index (χ1) is 12.0. The highest BCUT2D eigenvalue weighted by molar-refractivity contribution is 7.12. The summed E-state index contributed by atoms with van der Waals surface area (Å²) >= 11 is 1.37. The molecule has 3 rings (SSSR count). The third kappa shape index (κ3) is 3.95. The van der Waals surface area contributed by atoms with E-state index in [9.17, 15) is 9.59 Å². The highest BCUT2D eigenvalue weighted by Crippen LogP contribution is 2.25. The summed E-state index contributed by atoms with van der Waals surface area (Å²) in [6.07, 6.45) is 0. The van der Waals surface area contributed by atoms with Crippen molar-refractivity contribution in [2.75, 3.05) is 10.6 Å². The molecule has 2 N–H and O–H groups in total. The molecule has 2 aromatic carbocycles. The van der Waals surface area contributed by atoms with Crippen LogP contribution < -0.4 is 10.6 Å². The van der Waals surface area contributed by atoms with Gasteiger partial charge >= 0.3 is 0 Å². The van der Waals surface area contributed by atoms with Gasteiger partial charge in [0.25, 0.3) is 11.8 Å². The third-order valence-electron chi connectivity index (χ3n) is 3.81. The van der Waals surface area contributed by atoms with Crippen LogP contribution in [0.1, 0.15) is 31.2 Å². The van der Waals surface area contributed by atoms with Crippen molar-refractivity contribution in [2.45, 2.75) is 13.8 Å². The number of rotatable bonds is 4. The van der Waals surface area contributed by atoms with E-state index >= 15 is 0 Å². The number of nitrogens with one attached hydrogen (secondary N) is 2. The van der Waals surface area contributed by atoms with Crippen molar-refractivity contribution in [1.82, 2.24) is 0 Å². The summed E-state index contributed by atoms with van der Waals surface area (Å²) in [4.78, 5) is 25.5. The van der Waals surface area contributed by atoms with Crippen molar-refractivity contribution >= 4 is 34.5 Å². The predicted octanol–water partition coefficient (Wildman–Crippen LogP) is 4.87. The van der Waals surface area contributed by atoms with E-state index in [2.05, 4.69) is 10.6 Å². The first kappa shape index (κ1) is 16.9. The normalized spacial score (nSPS) is 10.3. The van der Waals surface area contributed by atoms with Gasteiger partial charge in [0, 0.05) is 5.56 Å². The maximum atomic E-state index is 12.6. The molecule has 3 aromatic rings. The average Bonchev–Trinajstić information content (AvgIpc) is 3.12. The SMILES string of the molecule is Cc1ccc(NC(=O)c2cccs2)c(NC(=O)c2ccccc2C)c1. The Morgan fingerprint density at radius 3 is 2.32 bits per heavy atom. The number of hydrogen-bond donors (Lipinski definition) is 2. The van der Waals surface area contributed by atoms with Gasteiger partial charge in [0.05, 0.1) is 16.3 Å². The molecule has 0 atom stereocenters. The van der Waals surface area contributed by atoms with Crippen molar-refractivity contribution in [3.05, 3.63) is 81.5 Å². The van der Waals surface area contributed by atoms with E-state index in [1.165, 1.54) is 11.3 Å². The van der Waals surface area contributed by atoms with Crippen LogP contribution in [-0.4, -0.2) is 11.8 Å². The largest absolute Gasteiger partial charge is 0.320 e. The lowest BCUT2D eigenvalue weighted by Crippen LogP contribution is -2.17. The molecule has 0 saturated heterocycles. The second-order valence-corrected chi connectivity index (χ2v) is 6.70. The van der Waals surface area contributed by atoms with E-state index in [1.807, 2.05) is 55.6 Å². The van der Waals surface area contributed by atoms with E-state index < -0.39 is 0 Å². The smallest absolute Gasteiger partial charge is 0.265 e. The van der Waals surface area contributed by atoms with Crippen molar-refractivity contribution in [2.24, 2.45) is 0 Å². The highest BCUT2D eigenvalue weighted by Gasteiger charge is 2.14. The van der Waals surface area contributed by atoms with Crippen LogP contribution in [0.3, 0.4) is 0 Å². The van der Waals surface area contributed by atoms with Gasteiger partial charge in [-0.2, -0.15) is 0 Å². The summed E-state index contributed by atoms with van der Waals surface area (Å²) in [6.45, 7) is 3.83. The molecule has 0 fully saturated rings. The summed E-state index contributed by atoms with van der Waals surface area (Å²) in [6, 6.07) is 16.5. The summed E-state index contributed by atoms with van der Waals surface area (Å²) in [5, 5.41) is 7.63. The molecule has 5 heteroatoms. The van der Waals surface area contributed by atoms with Crippen LogP contribution >= 0.6 is 11.3 Å². The molecule has 4 nitrogen and oxygen atoms in total. The number of aryl methyl sites for hydroxylation is 2. The summed E-state index contributed by atoms with van der Waals surface area (Å²) < 4.78 is 0. The van der Waals surface area contributed by atoms with Crippen molar-refractivity contribution in [3.8, 4) is 0 Å². The van der Waals surface area contributed by atoms with Gasteiger partial charge in [-0.15, -0.1) is 11.3 Å². The fourth-order valence-corrected chi connectivity index (χ4v) is 3.10. The molecule has 126 valence electrons. The van der Waals surface area contributed by atoms with E-state index in [0.717, 1.165) is 11.1 Å². The highest BCUT2D eigenvalue weighted by atomic mass is 32.1. The zero-order chi connectivity index (χ0) is 17.8. The molecule has 0 aliphatic carbocycles. The van der Waals surface area contributed by atoms with Gasteiger partial charge in [0.1, 0.15) is 0 Å².